The van der Waals surface area contributed by atoms with Crippen molar-refractivity contribution in [2.24, 2.45) is 0 Å². The Balaban J connectivity index is 0.000000550. The van der Waals surface area contributed by atoms with Crippen LogP contribution < -0.4 is 133 Å². The van der Waals surface area contributed by atoms with E-state index in [0.717, 1.165) is 33.5 Å². The van der Waals surface area contributed by atoms with Crippen LogP contribution >= 0.6 is 62.3 Å². The first-order valence-electron chi connectivity index (χ1n) is 20.3. The maximum atomic E-state index is 13.6. The summed E-state index contributed by atoms with van der Waals surface area (Å²) >= 11 is 27.9. The molecule has 0 bridgehead atoms. The average molecular weight is 1150 g/mol. The van der Waals surface area contributed by atoms with Crippen LogP contribution in [-0.2, 0) is 50.4 Å². The Morgan fingerprint density at radius 1 is 0.671 bits per heavy atom. The summed E-state index contributed by atoms with van der Waals surface area (Å²) in [6.45, 7) is 0.117. The van der Waals surface area contributed by atoms with Crippen LogP contribution in [0.2, 0.25) is 20.1 Å². The number of fused-ring (bicyclic) bond motifs is 2. The van der Waals surface area contributed by atoms with Gasteiger partial charge >= 0.3 is 103 Å². The fourth-order valence-corrected chi connectivity index (χ4v) is 8.08. The smallest absolute Gasteiger partial charge is 1.00 e. The van der Waals surface area contributed by atoms with Gasteiger partial charge in [-0.3, -0.25) is 24.0 Å². The van der Waals surface area contributed by atoms with E-state index >= 15 is 0 Å². The summed E-state index contributed by atoms with van der Waals surface area (Å²) in [6, 6.07) is 38.7. The van der Waals surface area contributed by atoms with Crippen molar-refractivity contribution < 1.29 is 148 Å². The Morgan fingerprint density at radius 2 is 1.13 bits per heavy atom. The summed E-state index contributed by atoms with van der Waals surface area (Å²) in [5.41, 5.74) is 5.83. The maximum absolute atomic E-state index is 13.6. The monoisotopic (exact) mass is 1140 g/mol. The van der Waals surface area contributed by atoms with Gasteiger partial charge in [-0.15, -0.1) is 0 Å². The third-order valence-electron chi connectivity index (χ3n) is 10.4. The molecule has 358 valence electrons. The van der Waals surface area contributed by atoms with Crippen molar-refractivity contribution in [3.63, 3.8) is 0 Å². The van der Waals surface area contributed by atoms with Crippen LogP contribution in [0.4, 0.5) is 5.69 Å². The second kappa shape index (κ2) is 32.5. The van der Waals surface area contributed by atoms with E-state index in [-0.39, 0.29) is 154 Å². The molecule has 70 heavy (non-hydrogen) atoms. The number of anilines is 1. The Kier molecular flexibility index (Phi) is 29.5. The second-order valence-electron chi connectivity index (χ2n) is 14.7. The SMILES string of the molecule is C.COc1ccc(CBr)cc1.COc1ccc(CN2C(=O)C(Cc3ccccc3Cl)NC(=O)c3cc(Cl)ccc32)cc1.O=C1NC(Cc2ccccc2Cl)C(=O)Cc2ccc(Cl)cc21.O=CO[O-].[H-].[K+].[K+]. The van der Waals surface area contributed by atoms with Crippen molar-refractivity contribution in [2.45, 2.75) is 50.6 Å². The number of hydrogen-bond acceptors (Lipinski definition) is 9. The zero-order valence-electron chi connectivity index (χ0n) is 39.0. The van der Waals surface area contributed by atoms with Gasteiger partial charge in [0.25, 0.3) is 18.3 Å². The number of nitrogens with zero attached hydrogens (tertiary/aromatic N) is 1. The number of methoxy groups -OCH3 is 2. The molecule has 2 heterocycles. The normalized spacial score (nSPS) is 14.2. The number of ether oxygens (including phenoxy) is 2. The van der Waals surface area contributed by atoms with Crippen LogP contribution in [0.3, 0.4) is 0 Å². The molecule has 0 saturated carbocycles. The first kappa shape index (κ1) is 63.5. The minimum atomic E-state index is -0.767. The van der Waals surface area contributed by atoms with E-state index in [4.69, 9.17) is 65.9 Å². The summed E-state index contributed by atoms with van der Waals surface area (Å²) in [4.78, 5) is 64.2. The van der Waals surface area contributed by atoms with Gasteiger partial charge in [0.1, 0.15) is 17.5 Å². The fraction of sp³-hybridized carbons (Fsp3) is 0.196. The Bertz CT molecular complexity index is 2670. The molecule has 6 aromatic rings. The van der Waals surface area contributed by atoms with Gasteiger partial charge in [-0.25, -0.2) is 0 Å². The molecule has 0 saturated heterocycles. The van der Waals surface area contributed by atoms with Crippen molar-refractivity contribution in [1.82, 2.24) is 10.6 Å². The van der Waals surface area contributed by atoms with Gasteiger partial charge in [0.05, 0.1) is 38.1 Å². The van der Waals surface area contributed by atoms with Crippen molar-refractivity contribution in [3.05, 3.63) is 192 Å². The zero-order valence-corrected chi connectivity index (χ0v) is 48.8. The van der Waals surface area contributed by atoms with Gasteiger partial charge in [-0.2, -0.15) is 0 Å². The number of halogens is 5. The van der Waals surface area contributed by atoms with E-state index in [9.17, 15) is 19.2 Å². The van der Waals surface area contributed by atoms with Gasteiger partial charge in [-0.05, 0) is 94.5 Å². The number of nitrogens with one attached hydrogen (secondary N) is 2. The number of hydrogen-bond donors (Lipinski definition) is 2. The first-order valence-corrected chi connectivity index (χ1v) is 23.0. The molecule has 0 aromatic heterocycles. The molecule has 2 aliphatic heterocycles. The third-order valence-corrected chi connectivity index (χ3v) is 12.2. The third kappa shape index (κ3) is 18.7. The minimum absolute atomic E-state index is 0. The standard InChI is InChI=1S/C24H20Cl2N2O3.C17H13Cl2NO2.C8H9BrO.CH2O3.CH4.2K.H/c1-31-18-9-6-15(7-10-18)14-28-22-11-8-17(25)13-19(22)23(29)27-21(24(28)30)12-16-4-2-3-5-20(16)26;18-12-6-5-10-8-16(21)15(20-17(22)13(10)9-12)7-11-3-1-2-4-14(11)19;1-10-8-4-2-7(6-9)3-5-8;2-1-4-3;;;;/h2-11,13,21H,12,14H2,1H3,(H,27,29);1-6,9,15H,7-8H2,(H,20,22);2-5H,6H2,1H3;1,3H;1H4;;;/q;;;;;2*+1;-1/p-1. The van der Waals surface area contributed by atoms with Crippen molar-refractivity contribution >= 4 is 98.0 Å². The van der Waals surface area contributed by atoms with Gasteiger partial charge in [-0.1, -0.05) is 136 Å². The van der Waals surface area contributed by atoms with Crippen molar-refractivity contribution in [3.8, 4) is 11.5 Å². The predicted molar refractivity (Wildman–Crippen MR) is 269 cm³/mol. The van der Waals surface area contributed by atoms with Gasteiger partial charge < -0.3 is 36.6 Å². The molecular weight excluding hydrogens is 1100 g/mol. The van der Waals surface area contributed by atoms with E-state index in [2.05, 4.69) is 31.5 Å². The molecule has 3 amide bonds. The van der Waals surface area contributed by atoms with Gasteiger partial charge in [0.2, 0.25) is 5.91 Å². The topological polar surface area (TPSA) is 163 Å². The molecule has 2 aliphatic rings. The maximum Gasteiger partial charge on any atom is 1.00 e. The zero-order chi connectivity index (χ0) is 48.5. The van der Waals surface area contributed by atoms with E-state index in [1.54, 1.807) is 67.7 Å². The molecule has 0 radical (unpaired) electrons. The second-order valence-corrected chi connectivity index (χ2v) is 16.9. The number of carbonyl (C=O) groups excluding carboxylic acids is 5. The van der Waals surface area contributed by atoms with E-state index in [1.165, 1.54) is 5.56 Å². The molecule has 0 aliphatic carbocycles. The fourth-order valence-electron chi connectivity index (χ4n) is 6.93. The van der Waals surface area contributed by atoms with Crippen LogP contribution in [0.15, 0.2) is 133 Å². The van der Waals surface area contributed by atoms with Crippen molar-refractivity contribution in [2.75, 3.05) is 19.1 Å². The largest absolute Gasteiger partial charge is 1.00 e. The molecule has 0 spiro atoms. The molecule has 2 N–H and O–H groups in total. The summed E-state index contributed by atoms with van der Waals surface area (Å²) in [5, 5.41) is 17.0. The van der Waals surface area contributed by atoms with E-state index in [0.29, 0.717) is 55.4 Å². The molecule has 0 fully saturated rings. The molecule has 2 unspecified atom stereocenters. The number of ketones is 1. The number of amides is 3. The van der Waals surface area contributed by atoms with Crippen LogP contribution in [0, 0.1) is 0 Å². The number of Topliss-reactive ketones (excluding diaryl/α,β-unsaturated/α-hetero) is 1. The van der Waals surface area contributed by atoms with Gasteiger partial charge in [0, 0.05) is 50.2 Å². The molecule has 8 rings (SSSR count). The summed E-state index contributed by atoms with van der Waals surface area (Å²) in [6.07, 6.45) is 0.872. The summed E-state index contributed by atoms with van der Waals surface area (Å²) in [7, 11) is 3.27. The molecule has 6 aromatic carbocycles. The summed E-state index contributed by atoms with van der Waals surface area (Å²) in [5.74, 6) is 0.760. The average Bonchev–Trinajstić information content (AvgIpc) is 3.51. The number of benzene rings is 6. The predicted octanol–water partition coefficient (Wildman–Crippen LogP) is 4.13. The number of carbonyl (C=O) groups is 5. The minimum Gasteiger partial charge on any atom is -1.00 e. The molecule has 2 atom stereocenters. The van der Waals surface area contributed by atoms with Crippen LogP contribution in [-0.4, -0.2) is 56.3 Å². The molecular formula is C51H48BrCl4K2N3O9. The van der Waals surface area contributed by atoms with Crippen LogP contribution in [0.5, 0.6) is 11.5 Å². The molecule has 19 heteroatoms. The van der Waals surface area contributed by atoms with E-state index in [1.807, 2.05) is 84.9 Å². The van der Waals surface area contributed by atoms with Crippen LogP contribution in [0.25, 0.3) is 0 Å². The Morgan fingerprint density at radius 3 is 1.63 bits per heavy atom. The van der Waals surface area contributed by atoms with Crippen molar-refractivity contribution in [1.29, 1.82) is 0 Å². The summed E-state index contributed by atoms with van der Waals surface area (Å²) < 4.78 is 10.2. The number of rotatable bonds is 10. The first-order chi connectivity index (χ1) is 32.3. The Labute approximate surface area is 522 Å². The quantitative estimate of drug-likeness (QED) is 0.0676. The number of alkyl halides is 1. The Hall–Kier alpha value is -2.66. The molecule has 12 nitrogen and oxygen atoms in total. The van der Waals surface area contributed by atoms with Crippen LogP contribution in [0.1, 0.15) is 57.4 Å². The van der Waals surface area contributed by atoms with E-state index < -0.39 is 12.1 Å². The van der Waals surface area contributed by atoms with Gasteiger partial charge in [0.15, 0.2) is 5.78 Å².